The van der Waals surface area contributed by atoms with Gasteiger partial charge >= 0.3 is 6.18 Å². The maximum atomic E-state index is 13.2. The molecule has 0 spiro atoms. The zero-order chi connectivity index (χ0) is 21.9. The molecule has 1 fully saturated rings. The van der Waals surface area contributed by atoms with E-state index in [1.807, 2.05) is 0 Å². The Bertz CT molecular complexity index is 1180. The fourth-order valence-electron chi connectivity index (χ4n) is 4.22. The van der Waals surface area contributed by atoms with Crippen molar-refractivity contribution in [1.29, 1.82) is 0 Å². The molecule has 0 saturated carbocycles. The number of carbonyl (C=O) groups excluding carboxylic acids is 1. The SMILES string of the molecule is O=C(c1cccc(C(F)(F)F)c1Cl)N1C2CC[C@@H]1c1nnc(-c3ncc(F)cn3)n1C2. The summed E-state index contributed by atoms with van der Waals surface area (Å²) in [5.74, 6) is -0.154. The van der Waals surface area contributed by atoms with Crippen LogP contribution in [0.15, 0.2) is 30.6 Å². The summed E-state index contributed by atoms with van der Waals surface area (Å²) in [7, 11) is 0. The average molecular weight is 453 g/mol. The lowest BCUT2D eigenvalue weighted by atomic mass is 10.1. The highest BCUT2D eigenvalue weighted by atomic mass is 35.5. The van der Waals surface area contributed by atoms with Crippen molar-refractivity contribution in [2.45, 2.75) is 37.6 Å². The molecule has 1 aromatic carbocycles. The quantitative estimate of drug-likeness (QED) is 0.551. The van der Waals surface area contributed by atoms with Crippen molar-refractivity contribution in [3.05, 3.63) is 58.4 Å². The van der Waals surface area contributed by atoms with Gasteiger partial charge in [-0.2, -0.15) is 13.2 Å². The Kier molecular flexibility index (Phi) is 4.47. The van der Waals surface area contributed by atoms with Gasteiger partial charge in [-0.15, -0.1) is 10.2 Å². The minimum absolute atomic E-state index is 0.195. The average Bonchev–Trinajstić information content (AvgIpc) is 3.28. The predicted molar refractivity (Wildman–Crippen MR) is 99.4 cm³/mol. The van der Waals surface area contributed by atoms with Gasteiger partial charge in [0.2, 0.25) is 5.82 Å². The second-order valence-electron chi connectivity index (χ2n) is 7.34. The highest BCUT2D eigenvalue weighted by Gasteiger charge is 2.46. The first kappa shape index (κ1) is 19.9. The molecule has 2 aliphatic rings. The van der Waals surface area contributed by atoms with Gasteiger partial charge in [0.05, 0.1) is 40.6 Å². The molecule has 7 nitrogen and oxygen atoms in total. The van der Waals surface area contributed by atoms with Gasteiger partial charge in [0.15, 0.2) is 17.5 Å². The Morgan fingerprint density at radius 2 is 1.87 bits per heavy atom. The molecule has 0 N–H and O–H groups in total. The normalized spacial score (nSPS) is 20.1. The molecule has 12 heteroatoms. The minimum Gasteiger partial charge on any atom is -0.324 e. The first-order chi connectivity index (χ1) is 14.8. The molecule has 1 saturated heterocycles. The summed E-state index contributed by atoms with van der Waals surface area (Å²) in [6, 6.07) is 2.54. The molecular formula is C19H13ClF4N6O. The molecular weight excluding hydrogens is 440 g/mol. The van der Waals surface area contributed by atoms with E-state index in [1.165, 1.54) is 17.0 Å². The number of benzene rings is 1. The van der Waals surface area contributed by atoms with Gasteiger partial charge in [-0.3, -0.25) is 4.79 Å². The van der Waals surface area contributed by atoms with Gasteiger partial charge < -0.3 is 9.47 Å². The summed E-state index contributed by atoms with van der Waals surface area (Å²) >= 11 is 5.97. The molecule has 1 unspecified atom stereocenters. The second kappa shape index (κ2) is 6.98. The summed E-state index contributed by atoms with van der Waals surface area (Å²) in [6.07, 6.45) is -1.41. The standard InChI is InChI=1S/C19H13ClF4N6O/c20-14-11(2-1-3-12(14)19(22,23)24)18(31)30-10-4-5-13(30)16-27-28-17(29(16)8-10)15-25-6-9(21)7-26-15/h1-3,6-7,10,13H,4-5,8H2/t10?,13-/m1/s1. The Hall–Kier alpha value is -3.08. The third-order valence-electron chi connectivity index (χ3n) is 5.56. The van der Waals surface area contributed by atoms with Crippen LogP contribution < -0.4 is 0 Å². The van der Waals surface area contributed by atoms with Crippen LogP contribution >= 0.6 is 11.6 Å². The third kappa shape index (κ3) is 3.14. The van der Waals surface area contributed by atoms with E-state index in [9.17, 15) is 22.4 Å². The topological polar surface area (TPSA) is 76.8 Å². The molecule has 2 aliphatic heterocycles. The lowest BCUT2D eigenvalue weighted by Crippen LogP contribution is -2.44. The van der Waals surface area contributed by atoms with Crippen molar-refractivity contribution in [3.8, 4) is 11.6 Å². The van der Waals surface area contributed by atoms with Crippen molar-refractivity contribution < 1.29 is 22.4 Å². The van der Waals surface area contributed by atoms with Gasteiger partial charge in [-0.05, 0) is 25.0 Å². The smallest absolute Gasteiger partial charge is 0.324 e. The lowest BCUT2D eigenvalue weighted by Gasteiger charge is -2.35. The van der Waals surface area contributed by atoms with E-state index >= 15 is 0 Å². The Morgan fingerprint density at radius 1 is 1.13 bits per heavy atom. The third-order valence-corrected chi connectivity index (χ3v) is 5.97. The fourth-order valence-corrected chi connectivity index (χ4v) is 4.54. The predicted octanol–water partition coefficient (Wildman–Crippen LogP) is 3.91. The van der Waals surface area contributed by atoms with E-state index in [1.54, 1.807) is 4.57 Å². The van der Waals surface area contributed by atoms with Crippen LogP contribution in [0.5, 0.6) is 0 Å². The lowest BCUT2D eigenvalue weighted by molar-refractivity contribution is -0.137. The molecule has 5 rings (SSSR count). The number of fused-ring (bicyclic) bond motifs is 4. The summed E-state index contributed by atoms with van der Waals surface area (Å²) in [5.41, 5.74) is -1.26. The zero-order valence-electron chi connectivity index (χ0n) is 15.6. The fraction of sp³-hybridized carbons (Fsp3) is 0.316. The number of nitrogens with zero attached hydrogens (tertiary/aromatic N) is 6. The molecule has 31 heavy (non-hydrogen) atoms. The maximum absolute atomic E-state index is 13.2. The summed E-state index contributed by atoms with van der Waals surface area (Å²) in [4.78, 5) is 22.6. The summed E-state index contributed by atoms with van der Waals surface area (Å²) < 4.78 is 54.6. The van der Waals surface area contributed by atoms with Gasteiger partial charge in [0.25, 0.3) is 5.91 Å². The highest BCUT2D eigenvalue weighted by molar-refractivity contribution is 6.34. The number of alkyl halides is 3. The number of carbonyl (C=O) groups is 1. The van der Waals surface area contributed by atoms with Gasteiger partial charge in [0.1, 0.15) is 0 Å². The van der Waals surface area contributed by atoms with E-state index in [0.717, 1.165) is 18.5 Å². The Morgan fingerprint density at radius 3 is 2.58 bits per heavy atom. The van der Waals surface area contributed by atoms with Crippen LogP contribution in [-0.2, 0) is 12.7 Å². The number of amides is 1. The van der Waals surface area contributed by atoms with E-state index in [4.69, 9.17) is 11.6 Å². The Balaban J connectivity index is 1.51. The Labute approximate surface area is 177 Å². The summed E-state index contributed by atoms with van der Waals surface area (Å²) in [5, 5.41) is 7.65. The monoisotopic (exact) mass is 452 g/mol. The number of rotatable bonds is 2. The number of halogens is 5. The minimum atomic E-state index is -4.67. The van der Waals surface area contributed by atoms with Gasteiger partial charge in [0, 0.05) is 6.54 Å². The molecule has 0 aliphatic carbocycles. The number of hydrogen-bond acceptors (Lipinski definition) is 5. The van der Waals surface area contributed by atoms with Crippen LogP contribution in [0.25, 0.3) is 11.6 Å². The highest BCUT2D eigenvalue weighted by Crippen LogP contribution is 2.44. The molecule has 160 valence electrons. The first-order valence-electron chi connectivity index (χ1n) is 9.35. The van der Waals surface area contributed by atoms with E-state index in [-0.39, 0.29) is 17.4 Å². The van der Waals surface area contributed by atoms with Gasteiger partial charge in [-0.1, -0.05) is 17.7 Å². The first-order valence-corrected chi connectivity index (χ1v) is 9.73. The van der Waals surface area contributed by atoms with Crippen molar-refractivity contribution in [1.82, 2.24) is 29.6 Å². The molecule has 4 heterocycles. The van der Waals surface area contributed by atoms with Crippen LogP contribution in [0.1, 0.15) is 40.6 Å². The maximum Gasteiger partial charge on any atom is 0.417 e. The van der Waals surface area contributed by atoms with Crippen molar-refractivity contribution in [2.75, 3.05) is 0 Å². The second-order valence-corrected chi connectivity index (χ2v) is 7.72. The molecule has 2 atom stereocenters. The van der Waals surface area contributed by atoms with Crippen LogP contribution in [-0.4, -0.2) is 41.6 Å². The summed E-state index contributed by atoms with van der Waals surface area (Å²) in [6.45, 7) is 0.317. The van der Waals surface area contributed by atoms with Crippen LogP contribution in [0.3, 0.4) is 0 Å². The van der Waals surface area contributed by atoms with E-state index in [2.05, 4.69) is 20.2 Å². The van der Waals surface area contributed by atoms with Crippen LogP contribution in [0.2, 0.25) is 5.02 Å². The van der Waals surface area contributed by atoms with E-state index < -0.39 is 34.5 Å². The van der Waals surface area contributed by atoms with E-state index in [0.29, 0.717) is 31.0 Å². The van der Waals surface area contributed by atoms with Crippen molar-refractivity contribution >= 4 is 17.5 Å². The molecule has 1 amide bonds. The van der Waals surface area contributed by atoms with Crippen LogP contribution in [0.4, 0.5) is 17.6 Å². The molecule has 2 aromatic heterocycles. The van der Waals surface area contributed by atoms with Crippen molar-refractivity contribution in [3.63, 3.8) is 0 Å². The van der Waals surface area contributed by atoms with Crippen molar-refractivity contribution in [2.24, 2.45) is 0 Å². The molecule has 0 radical (unpaired) electrons. The van der Waals surface area contributed by atoms with Gasteiger partial charge in [-0.25, -0.2) is 14.4 Å². The molecule has 3 aromatic rings. The number of aromatic nitrogens is 5. The van der Waals surface area contributed by atoms with Crippen LogP contribution in [0, 0.1) is 5.82 Å². The largest absolute Gasteiger partial charge is 0.417 e. The molecule has 2 bridgehead atoms. The zero-order valence-corrected chi connectivity index (χ0v) is 16.4. The number of hydrogen-bond donors (Lipinski definition) is 0.